The molecule has 0 atom stereocenters. The Balaban J connectivity index is 2.57. The molecule has 0 spiro atoms. The van der Waals surface area contributed by atoms with E-state index in [1.807, 2.05) is 6.07 Å². The number of rotatable bonds is 3. The Morgan fingerprint density at radius 1 is 1.09 bits per heavy atom. The third-order valence-corrected chi connectivity index (χ3v) is 4.14. The summed E-state index contributed by atoms with van der Waals surface area (Å²) < 4.78 is 32.3. The molecule has 2 rings (SSSR count). The van der Waals surface area contributed by atoms with E-state index in [0.29, 0.717) is 11.3 Å². The van der Waals surface area contributed by atoms with Gasteiger partial charge in [0, 0.05) is 5.69 Å². The number of nitrogens with two attached hydrogens (primary N) is 1. The Morgan fingerprint density at radius 3 is 2.30 bits per heavy atom. The number of anilines is 1. The Bertz CT molecular complexity index is 944. The van der Waals surface area contributed by atoms with Crippen LogP contribution in [0.25, 0.3) is 0 Å². The zero-order valence-corrected chi connectivity index (χ0v) is 13.3. The number of aryl methyl sites for hydroxylation is 2. The van der Waals surface area contributed by atoms with Gasteiger partial charge in [-0.25, -0.2) is 0 Å². The molecule has 0 bridgehead atoms. The minimum absolute atomic E-state index is 0.00341. The van der Waals surface area contributed by atoms with Crippen molar-refractivity contribution in [3.05, 3.63) is 47.0 Å². The van der Waals surface area contributed by atoms with E-state index in [2.05, 4.69) is 10.2 Å². The number of nitrogen functional groups attached to an aromatic ring is 1. The lowest BCUT2D eigenvalue weighted by Gasteiger charge is -2.06. The summed E-state index contributed by atoms with van der Waals surface area (Å²) in [4.78, 5) is -0.335. The minimum atomic E-state index is -4.44. The Morgan fingerprint density at radius 2 is 1.70 bits per heavy atom. The quantitative estimate of drug-likeness (QED) is 0.506. The van der Waals surface area contributed by atoms with Gasteiger partial charge < -0.3 is 5.73 Å². The summed E-state index contributed by atoms with van der Waals surface area (Å²) in [7, 11) is -4.44. The molecule has 0 heterocycles. The van der Waals surface area contributed by atoms with E-state index in [0.717, 1.165) is 5.56 Å². The van der Waals surface area contributed by atoms with Crippen molar-refractivity contribution in [2.24, 2.45) is 10.2 Å². The fourth-order valence-corrected chi connectivity index (χ4v) is 2.59. The highest BCUT2D eigenvalue weighted by Crippen LogP contribution is 2.30. The van der Waals surface area contributed by atoms with E-state index >= 15 is 0 Å². The highest BCUT2D eigenvalue weighted by molar-refractivity contribution is 7.86. The van der Waals surface area contributed by atoms with Crippen LogP contribution < -0.4 is 5.73 Å². The van der Waals surface area contributed by atoms with Gasteiger partial charge in [0.15, 0.2) is 0 Å². The molecule has 0 aliphatic heterocycles. The molecule has 0 unspecified atom stereocenters. The first kappa shape index (κ1) is 16.6. The Hall–Kier alpha value is -2.76. The molecular formula is C15H14N4O3S. The number of hydrogen-bond acceptors (Lipinski definition) is 6. The first-order valence-electron chi connectivity index (χ1n) is 6.52. The van der Waals surface area contributed by atoms with Crippen LogP contribution in [-0.2, 0) is 10.1 Å². The zero-order valence-electron chi connectivity index (χ0n) is 12.5. The normalized spacial score (nSPS) is 11.6. The topological polar surface area (TPSA) is 129 Å². The molecule has 0 aliphatic rings. The predicted octanol–water partition coefficient (Wildman–Crippen LogP) is 3.42. The lowest BCUT2D eigenvalue weighted by molar-refractivity contribution is 0.483. The molecule has 2 aromatic rings. The van der Waals surface area contributed by atoms with Crippen LogP contribution in [-0.4, -0.2) is 13.0 Å². The second-order valence-electron chi connectivity index (χ2n) is 4.97. The van der Waals surface area contributed by atoms with Gasteiger partial charge in [-0.05, 0) is 55.3 Å². The molecule has 23 heavy (non-hydrogen) atoms. The van der Waals surface area contributed by atoms with Gasteiger partial charge in [-0.15, -0.1) is 10.2 Å². The van der Waals surface area contributed by atoms with E-state index in [4.69, 9.17) is 11.0 Å². The maximum Gasteiger partial charge on any atom is 0.296 e. The molecule has 0 saturated heterocycles. The van der Waals surface area contributed by atoms with Gasteiger partial charge >= 0.3 is 0 Å². The van der Waals surface area contributed by atoms with Gasteiger partial charge in [0.25, 0.3) is 10.1 Å². The molecule has 0 aromatic heterocycles. The standard InChI is InChI=1S/C15H14N4O3S/c1-9-5-14(15(6-10(9)2)23(20,21)22)19-18-13-4-3-12(17)7-11(13)8-16/h3-7H,17H2,1-2H3,(H,20,21,22). The zero-order chi connectivity index (χ0) is 17.2. The third-order valence-electron chi connectivity index (χ3n) is 3.26. The van der Waals surface area contributed by atoms with Gasteiger partial charge in [-0.3, -0.25) is 4.55 Å². The summed E-state index contributed by atoms with van der Waals surface area (Å²) in [5.41, 5.74) is 7.95. The van der Waals surface area contributed by atoms with Crippen LogP contribution in [0.1, 0.15) is 16.7 Å². The molecule has 2 aromatic carbocycles. The predicted molar refractivity (Wildman–Crippen MR) is 85.5 cm³/mol. The summed E-state index contributed by atoms with van der Waals surface area (Å²) in [6.45, 7) is 3.50. The smallest absolute Gasteiger partial charge is 0.296 e. The monoisotopic (exact) mass is 330 g/mol. The highest BCUT2D eigenvalue weighted by Gasteiger charge is 2.17. The average molecular weight is 330 g/mol. The first-order valence-corrected chi connectivity index (χ1v) is 7.96. The third kappa shape index (κ3) is 3.71. The van der Waals surface area contributed by atoms with Crippen molar-refractivity contribution >= 4 is 27.2 Å². The van der Waals surface area contributed by atoms with Crippen molar-refractivity contribution in [1.82, 2.24) is 0 Å². The van der Waals surface area contributed by atoms with Crippen molar-refractivity contribution in [2.45, 2.75) is 18.7 Å². The summed E-state index contributed by atoms with van der Waals surface area (Å²) in [6.07, 6.45) is 0. The van der Waals surface area contributed by atoms with Crippen molar-refractivity contribution < 1.29 is 13.0 Å². The molecule has 7 nitrogen and oxygen atoms in total. The van der Waals surface area contributed by atoms with E-state index in [1.54, 1.807) is 19.9 Å². The van der Waals surface area contributed by atoms with Crippen LogP contribution in [0.5, 0.6) is 0 Å². The summed E-state index contributed by atoms with van der Waals surface area (Å²) >= 11 is 0. The second-order valence-corrected chi connectivity index (χ2v) is 6.36. The van der Waals surface area contributed by atoms with E-state index < -0.39 is 10.1 Å². The van der Waals surface area contributed by atoms with Crippen LogP contribution in [0.4, 0.5) is 17.1 Å². The summed E-state index contributed by atoms with van der Waals surface area (Å²) in [6, 6.07) is 9.27. The number of nitrogens with zero attached hydrogens (tertiary/aromatic N) is 3. The summed E-state index contributed by atoms with van der Waals surface area (Å²) in [5, 5.41) is 16.8. The molecule has 0 radical (unpaired) electrons. The van der Waals surface area contributed by atoms with E-state index in [9.17, 15) is 13.0 Å². The fraction of sp³-hybridized carbons (Fsp3) is 0.133. The van der Waals surface area contributed by atoms with Crippen molar-refractivity contribution in [3.8, 4) is 6.07 Å². The molecule has 8 heteroatoms. The van der Waals surface area contributed by atoms with Gasteiger partial charge in [-0.2, -0.15) is 13.7 Å². The minimum Gasteiger partial charge on any atom is -0.399 e. The van der Waals surface area contributed by atoms with Crippen LogP contribution in [0, 0.1) is 25.2 Å². The molecule has 0 saturated carbocycles. The molecule has 0 amide bonds. The number of nitriles is 1. The van der Waals surface area contributed by atoms with Gasteiger partial charge in [0.1, 0.15) is 22.3 Å². The van der Waals surface area contributed by atoms with Crippen LogP contribution >= 0.6 is 0 Å². The van der Waals surface area contributed by atoms with Crippen LogP contribution in [0.3, 0.4) is 0 Å². The lowest BCUT2D eigenvalue weighted by Crippen LogP contribution is -2.00. The maximum atomic E-state index is 11.5. The Labute approximate surface area is 133 Å². The number of azo groups is 1. The van der Waals surface area contributed by atoms with Crippen LogP contribution in [0.2, 0.25) is 0 Å². The van der Waals surface area contributed by atoms with E-state index in [1.165, 1.54) is 24.3 Å². The molecule has 0 aliphatic carbocycles. The maximum absolute atomic E-state index is 11.5. The second kappa shape index (κ2) is 6.16. The van der Waals surface area contributed by atoms with Gasteiger partial charge in [-0.1, -0.05) is 0 Å². The van der Waals surface area contributed by atoms with E-state index in [-0.39, 0.29) is 21.8 Å². The largest absolute Gasteiger partial charge is 0.399 e. The van der Waals surface area contributed by atoms with Crippen LogP contribution in [0.15, 0.2) is 45.5 Å². The summed E-state index contributed by atoms with van der Waals surface area (Å²) in [5.74, 6) is 0. The molecule has 0 fully saturated rings. The van der Waals surface area contributed by atoms with Crippen molar-refractivity contribution in [3.63, 3.8) is 0 Å². The van der Waals surface area contributed by atoms with Gasteiger partial charge in [0.05, 0.1) is 5.56 Å². The van der Waals surface area contributed by atoms with Crippen molar-refractivity contribution in [1.29, 1.82) is 5.26 Å². The number of hydrogen-bond donors (Lipinski definition) is 2. The highest BCUT2D eigenvalue weighted by atomic mass is 32.2. The fourth-order valence-electron chi connectivity index (χ4n) is 1.90. The molecule has 3 N–H and O–H groups in total. The molecular weight excluding hydrogens is 316 g/mol. The average Bonchev–Trinajstić information content (AvgIpc) is 2.47. The Kier molecular flexibility index (Phi) is 4.45. The first-order chi connectivity index (χ1) is 10.7. The van der Waals surface area contributed by atoms with Crippen molar-refractivity contribution in [2.75, 3.05) is 5.73 Å². The molecule has 118 valence electrons. The lowest BCUT2D eigenvalue weighted by atomic mass is 10.1. The number of benzene rings is 2. The van der Waals surface area contributed by atoms with Gasteiger partial charge in [0.2, 0.25) is 0 Å². The SMILES string of the molecule is Cc1cc(N=Nc2ccc(N)cc2C#N)c(S(=O)(=O)O)cc1C.